The van der Waals surface area contributed by atoms with Gasteiger partial charge in [-0.05, 0) is 42.7 Å². The summed E-state index contributed by atoms with van der Waals surface area (Å²) in [6.07, 6.45) is 1.23. The number of piperidine rings is 1. The van der Waals surface area contributed by atoms with Gasteiger partial charge in [-0.25, -0.2) is 0 Å². The van der Waals surface area contributed by atoms with Crippen LogP contribution in [-0.4, -0.2) is 36.1 Å². The van der Waals surface area contributed by atoms with Crippen LogP contribution < -0.4 is 4.74 Å². The highest BCUT2D eigenvalue weighted by Gasteiger charge is 2.29. The predicted octanol–water partition coefficient (Wildman–Crippen LogP) is 3.28. The zero-order valence-electron chi connectivity index (χ0n) is 13.9. The Bertz CT molecular complexity index is 686. The Morgan fingerprint density at radius 1 is 1.21 bits per heavy atom. The van der Waals surface area contributed by atoms with Crippen LogP contribution in [0.15, 0.2) is 54.6 Å². The number of rotatable bonds is 4. The fourth-order valence-corrected chi connectivity index (χ4v) is 3.31. The number of aliphatic hydroxyl groups is 1. The number of carbonyl (C=O) groups excluding carboxylic acids is 1. The Hall–Kier alpha value is -2.33. The van der Waals surface area contributed by atoms with Gasteiger partial charge in [-0.2, -0.15) is 0 Å². The molecule has 4 heteroatoms. The Balaban J connectivity index is 1.72. The number of likely N-dealkylation sites (tertiary alicyclic amines) is 1. The number of amides is 1. The van der Waals surface area contributed by atoms with Crippen molar-refractivity contribution in [1.82, 2.24) is 4.90 Å². The van der Waals surface area contributed by atoms with Crippen molar-refractivity contribution in [3.63, 3.8) is 0 Å². The van der Waals surface area contributed by atoms with Gasteiger partial charge < -0.3 is 14.7 Å². The van der Waals surface area contributed by atoms with Gasteiger partial charge in [-0.15, -0.1) is 0 Å². The highest BCUT2D eigenvalue weighted by molar-refractivity contribution is 5.94. The molecule has 0 spiro atoms. The van der Waals surface area contributed by atoms with E-state index >= 15 is 0 Å². The first-order chi connectivity index (χ1) is 11.7. The zero-order chi connectivity index (χ0) is 16.9. The summed E-state index contributed by atoms with van der Waals surface area (Å²) in [4.78, 5) is 14.5. The maximum Gasteiger partial charge on any atom is 0.253 e. The molecular formula is C20H23NO3. The van der Waals surface area contributed by atoms with Gasteiger partial charge >= 0.3 is 0 Å². The first kappa shape index (κ1) is 16.5. The first-order valence-electron chi connectivity index (χ1n) is 8.35. The third-order valence-corrected chi connectivity index (χ3v) is 4.65. The van der Waals surface area contributed by atoms with Gasteiger partial charge in [0.15, 0.2) is 0 Å². The molecule has 3 rings (SSSR count). The van der Waals surface area contributed by atoms with Crippen LogP contribution in [0.3, 0.4) is 0 Å². The Labute approximate surface area is 142 Å². The Kier molecular flexibility index (Phi) is 5.16. The molecule has 0 aliphatic carbocycles. The van der Waals surface area contributed by atoms with Gasteiger partial charge in [-0.1, -0.05) is 30.3 Å². The highest BCUT2D eigenvalue weighted by Crippen LogP contribution is 2.31. The number of nitrogens with zero attached hydrogens (tertiary/aromatic N) is 1. The predicted molar refractivity (Wildman–Crippen MR) is 93.0 cm³/mol. The molecule has 1 aliphatic rings. The third-order valence-electron chi connectivity index (χ3n) is 4.65. The maximum absolute atomic E-state index is 12.6. The molecule has 126 valence electrons. The molecule has 4 nitrogen and oxygen atoms in total. The lowest BCUT2D eigenvalue weighted by atomic mass is 9.88. The number of benzene rings is 2. The third kappa shape index (κ3) is 3.60. The van der Waals surface area contributed by atoms with Crippen molar-refractivity contribution in [3.8, 4) is 5.75 Å². The zero-order valence-corrected chi connectivity index (χ0v) is 13.9. The average Bonchev–Trinajstić information content (AvgIpc) is 2.67. The number of aliphatic hydroxyl groups excluding tert-OH is 1. The Morgan fingerprint density at radius 3 is 2.75 bits per heavy atom. The van der Waals surface area contributed by atoms with Crippen LogP contribution in [0.4, 0.5) is 0 Å². The van der Waals surface area contributed by atoms with Crippen LogP contribution >= 0.6 is 0 Å². The summed E-state index contributed by atoms with van der Waals surface area (Å²) in [6.45, 7) is 1.32. The lowest BCUT2D eigenvalue weighted by molar-refractivity contribution is 0.0400. The highest BCUT2D eigenvalue weighted by atomic mass is 16.5. The van der Waals surface area contributed by atoms with Crippen molar-refractivity contribution >= 4 is 5.91 Å². The normalized spacial score (nSPS) is 18.9. The fourth-order valence-electron chi connectivity index (χ4n) is 3.31. The second kappa shape index (κ2) is 7.49. The molecule has 1 unspecified atom stereocenters. The number of hydrogen-bond donors (Lipinski definition) is 1. The number of ether oxygens (including phenoxy) is 1. The van der Waals surface area contributed by atoms with E-state index in [4.69, 9.17) is 4.74 Å². The van der Waals surface area contributed by atoms with Crippen molar-refractivity contribution in [2.45, 2.75) is 18.9 Å². The molecule has 24 heavy (non-hydrogen) atoms. The molecule has 2 aromatic rings. The molecule has 1 N–H and O–H groups in total. The monoisotopic (exact) mass is 325 g/mol. The van der Waals surface area contributed by atoms with Crippen LogP contribution in [0.2, 0.25) is 0 Å². The van der Waals surface area contributed by atoms with Crippen molar-refractivity contribution in [3.05, 3.63) is 65.7 Å². The van der Waals surface area contributed by atoms with Crippen LogP contribution in [0.5, 0.6) is 5.75 Å². The van der Waals surface area contributed by atoms with Gasteiger partial charge in [0.1, 0.15) is 5.75 Å². The van der Waals surface area contributed by atoms with Crippen LogP contribution in [0, 0.1) is 5.92 Å². The quantitative estimate of drug-likeness (QED) is 0.938. The van der Waals surface area contributed by atoms with Crippen molar-refractivity contribution in [2.24, 2.45) is 5.92 Å². The van der Waals surface area contributed by atoms with Crippen molar-refractivity contribution in [1.29, 1.82) is 0 Å². The second-order valence-electron chi connectivity index (χ2n) is 6.24. The molecule has 1 aliphatic heterocycles. The van der Waals surface area contributed by atoms with E-state index in [9.17, 15) is 9.90 Å². The lowest BCUT2D eigenvalue weighted by Gasteiger charge is -2.35. The summed E-state index contributed by atoms with van der Waals surface area (Å²) >= 11 is 0. The largest absolute Gasteiger partial charge is 0.497 e. The van der Waals surface area contributed by atoms with E-state index in [1.807, 2.05) is 59.5 Å². The minimum atomic E-state index is -0.591. The topological polar surface area (TPSA) is 49.8 Å². The van der Waals surface area contributed by atoms with Gasteiger partial charge in [0.25, 0.3) is 5.91 Å². The summed E-state index contributed by atoms with van der Waals surface area (Å²) in [5.41, 5.74) is 1.54. The molecule has 0 radical (unpaired) electrons. The van der Waals surface area contributed by atoms with Crippen LogP contribution in [0.1, 0.15) is 34.9 Å². The second-order valence-corrected chi connectivity index (χ2v) is 6.24. The molecule has 0 saturated carbocycles. The van der Waals surface area contributed by atoms with Crippen LogP contribution in [0.25, 0.3) is 0 Å². The van der Waals surface area contributed by atoms with Gasteiger partial charge in [0.05, 0.1) is 13.2 Å². The molecule has 2 atom stereocenters. The SMILES string of the molecule is COc1cccc([C@H](O)C2CCCN(C(=O)c3ccccc3)C2)c1. The van der Waals surface area contributed by atoms with E-state index in [1.165, 1.54) is 0 Å². The average molecular weight is 325 g/mol. The number of methoxy groups -OCH3 is 1. The lowest BCUT2D eigenvalue weighted by Crippen LogP contribution is -2.41. The smallest absolute Gasteiger partial charge is 0.253 e. The standard InChI is InChI=1S/C20H23NO3/c1-24-18-11-5-9-16(13-18)19(22)17-10-6-12-21(14-17)20(23)15-7-3-2-4-8-15/h2-5,7-9,11,13,17,19,22H,6,10,12,14H2,1H3/t17?,19-/m0/s1. The molecule has 1 heterocycles. The van der Waals surface area contributed by atoms with Gasteiger partial charge in [-0.3, -0.25) is 4.79 Å². The summed E-state index contributed by atoms with van der Waals surface area (Å²) in [5.74, 6) is 0.816. The molecule has 0 aromatic heterocycles. The van der Waals surface area contributed by atoms with E-state index in [1.54, 1.807) is 7.11 Å². The van der Waals surface area contributed by atoms with Gasteiger partial charge in [0, 0.05) is 24.6 Å². The van der Waals surface area contributed by atoms with E-state index < -0.39 is 6.10 Å². The number of carbonyl (C=O) groups is 1. The first-order valence-corrected chi connectivity index (χ1v) is 8.35. The summed E-state index contributed by atoms with van der Waals surface area (Å²) in [5, 5.41) is 10.7. The van der Waals surface area contributed by atoms with Crippen LogP contribution in [-0.2, 0) is 0 Å². The minimum absolute atomic E-state index is 0.0399. The molecule has 1 amide bonds. The fraction of sp³-hybridized carbons (Fsp3) is 0.350. The molecule has 2 aromatic carbocycles. The summed E-state index contributed by atoms with van der Waals surface area (Å²) in [7, 11) is 1.62. The molecular weight excluding hydrogens is 302 g/mol. The van der Waals surface area contributed by atoms with E-state index in [0.29, 0.717) is 12.1 Å². The van der Waals surface area contributed by atoms with E-state index in [2.05, 4.69) is 0 Å². The minimum Gasteiger partial charge on any atom is -0.497 e. The van der Waals surface area contributed by atoms with Crippen molar-refractivity contribution < 1.29 is 14.6 Å². The number of hydrogen-bond acceptors (Lipinski definition) is 3. The molecule has 0 bridgehead atoms. The molecule has 1 saturated heterocycles. The van der Waals surface area contributed by atoms with Gasteiger partial charge in [0.2, 0.25) is 0 Å². The summed E-state index contributed by atoms with van der Waals surface area (Å²) < 4.78 is 5.23. The molecule has 1 fully saturated rings. The van der Waals surface area contributed by atoms with Crippen molar-refractivity contribution in [2.75, 3.05) is 20.2 Å². The Morgan fingerprint density at radius 2 is 2.00 bits per heavy atom. The van der Waals surface area contributed by atoms with E-state index in [-0.39, 0.29) is 11.8 Å². The van der Waals surface area contributed by atoms with E-state index in [0.717, 1.165) is 30.7 Å². The maximum atomic E-state index is 12.6. The summed E-state index contributed by atoms with van der Waals surface area (Å²) in [6, 6.07) is 16.8.